The van der Waals surface area contributed by atoms with Crippen LogP contribution in [0.2, 0.25) is 0 Å². The van der Waals surface area contributed by atoms with Crippen LogP contribution in [-0.4, -0.2) is 69.3 Å². The molecular formula is C23H29ClFN5O2. The Hall–Kier alpha value is -2.29. The Balaban J connectivity index is 0.00000245. The first kappa shape index (κ1) is 22.9. The van der Waals surface area contributed by atoms with Crippen molar-refractivity contribution >= 4 is 23.3 Å². The summed E-state index contributed by atoms with van der Waals surface area (Å²) in [4.78, 5) is 11.0. The Labute approximate surface area is 193 Å². The lowest BCUT2D eigenvalue weighted by molar-refractivity contribution is 0.0729. The fraction of sp³-hybridized carbons (Fsp3) is 0.522. The molecule has 172 valence electrons. The van der Waals surface area contributed by atoms with E-state index < -0.39 is 6.17 Å². The van der Waals surface area contributed by atoms with Gasteiger partial charge in [0.15, 0.2) is 5.82 Å². The van der Waals surface area contributed by atoms with Gasteiger partial charge < -0.3 is 14.7 Å². The number of nitrogens with zero attached hydrogens (tertiary/aromatic N) is 5. The highest BCUT2D eigenvalue weighted by Gasteiger charge is 2.32. The maximum atomic E-state index is 14.9. The van der Waals surface area contributed by atoms with Crippen LogP contribution in [0.3, 0.4) is 0 Å². The summed E-state index contributed by atoms with van der Waals surface area (Å²) in [7, 11) is 3.51. The Bertz CT molecular complexity index is 1120. The van der Waals surface area contributed by atoms with Crippen molar-refractivity contribution in [3.8, 4) is 11.8 Å². The van der Waals surface area contributed by atoms with E-state index in [1.807, 2.05) is 31.1 Å². The summed E-state index contributed by atoms with van der Waals surface area (Å²) in [5.41, 5.74) is 3.88. The summed E-state index contributed by atoms with van der Waals surface area (Å²) in [6.45, 7) is 3.40. The van der Waals surface area contributed by atoms with Crippen LogP contribution in [0.25, 0.3) is 16.7 Å². The van der Waals surface area contributed by atoms with E-state index in [2.05, 4.69) is 27.2 Å². The van der Waals surface area contributed by atoms with Gasteiger partial charge in [-0.2, -0.15) is 15.1 Å². The van der Waals surface area contributed by atoms with Crippen LogP contribution >= 0.6 is 12.4 Å². The second-order valence-corrected chi connectivity index (χ2v) is 8.96. The zero-order chi connectivity index (χ0) is 21.7. The lowest BCUT2D eigenvalue weighted by Gasteiger charge is -2.33. The van der Waals surface area contributed by atoms with Gasteiger partial charge in [0.25, 0.3) is 0 Å². The van der Waals surface area contributed by atoms with Crippen molar-refractivity contribution in [1.82, 2.24) is 24.6 Å². The van der Waals surface area contributed by atoms with Crippen LogP contribution in [0, 0.1) is 6.92 Å². The number of hydrogen-bond donors (Lipinski definition) is 1. The first-order chi connectivity index (χ1) is 14.9. The lowest BCUT2D eigenvalue weighted by atomic mass is 9.80. The molecule has 2 unspecified atom stereocenters. The van der Waals surface area contributed by atoms with Gasteiger partial charge in [0, 0.05) is 29.8 Å². The summed E-state index contributed by atoms with van der Waals surface area (Å²) in [6.07, 6.45) is 2.84. The molecule has 0 radical (unpaired) electrons. The van der Waals surface area contributed by atoms with Crippen LogP contribution in [0.15, 0.2) is 24.4 Å². The molecule has 9 heteroatoms. The highest BCUT2D eigenvalue weighted by Crippen LogP contribution is 2.38. The fourth-order valence-corrected chi connectivity index (χ4v) is 4.86. The van der Waals surface area contributed by atoms with Gasteiger partial charge in [-0.3, -0.25) is 0 Å². The van der Waals surface area contributed by atoms with Gasteiger partial charge >= 0.3 is 6.01 Å². The molecule has 0 amide bonds. The third kappa shape index (κ3) is 4.07. The van der Waals surface area contributed by atoms with Crippen molar-refractivity contribution in [2.24, 2.45) is 0 Å². The number of ether oxygens (including phenoxy) is 1. The van der Waals surface area contributed by atoms with E-state index in [0.717, 1.165) is 40.7 Å². The summed E-state index contributed by atoms with van der Waals surface area (Å²) >= 11 is 0. The normalized spacial score (nSPS) is 25.9. The molecule has 5 rings (SSSR count). The van der Waals surface area contributed by atoms with Crippen molar-refractivity contribution in [3.63, 3.8) is 0 Å². The number of likely N-dealkylation sites (tertiary alicyclic amines) is 1. The lowest BCUT2D eigenvalue weighted by Crippen LogP contribution is -2.38. The monoisotopic (exact) mass is 461 g/mol. The van der Waals surface area contributed by atoms with Gasteiger partial charge in [-0.1, -0.05) is 0 Å². The minimum atomic E-state index is -0.887. The number of methoxy groups -OCH3 is 1. The molecule has 2 aromatic heterocycles. The predicted octanol–water partition coefficient (Wildman–Crippen LogP) is 3.55. The van der Waals surface area contributed by atoms with Gasteiger partial charge in [0.05, 0.1) is 30.6 Å². The molecule has 1 aromatic carbocycles. The molecule has 2 aliphatic rings. The van der Waals surface area contributed by atoms with Gasteiger partial charge in [-0.15, -0.1) is 12.4 Å². The Kier molecular flexibility index (Phi) is 6.38. The topological polar surface area (TPSA) is 76.3 Å². The predicted molar refractivity (Wildman–Crippen MR) is 123 cm³/mol. The van der Waals surface area contributed by atoms with Crippen molar-refractivity contribution in [2.45, 2.75) is 50.3 Å². The van der Waals surface area contributed by atoms with E-state index in [1.54, 1.807) is 11.8 Å². The van der Waals surface area contributed by atoms with E-state index in [0.29, 0.717) is 25.2 Å². The van der Waals surface area contributed by atoms with E-state index in [9.17, 15) is 9.50 Å². The first-order valence-corrected chi connectivity index (χ1v) is 10.8. The number of aromatic nitrogens is 4. The molecule has 1 N–H and O–H groups in total. The number of halogens is 2. The first-order valence-electron chi connectivity index (χ1n) is 10.8. The number of benzene rings is 1. The number of hydrogen-bond acceptors (Lipinski definition) is 6. The SMILES string of the molecule is COc1nc(C2CC(O)C2)cc(-n2ncc3cc(C)c(C4CCN(C)CC4F)cc32)n1.Cl. The van der Waals surface area contributed by atoms with E-state index >= 15 is 0 Å². The third-order valence-corrected chi connectivity index (χ3v) is 6.74. The third-order valence-electron chi connectivity index (χ3n) is 6.74. The Morgan fingerprint density at radius 3 is 2.66 bits per heavy atom. The van der Waals surface area contributed by atoms with Crippen LogP contribution in [-0.2, 0) is 0 Å². The number of fused-ring (bicyclic) bond motifs is 1. The highest BCUT2D eigenvalue weighted by atomic mass is 35.5. The largest absolute Gasteiger partial charge is 0.467 e. The minimum absolute atomic E-state index is 0. The molecule has 3 aromatic rings. The summed E-state index contributed by atoms with van der Waals surface area (Å²) in [5, 5.41) is 15.3. The van der Waals surface area contributed by atoms with E-state index in [-0.39, 0.29) is 36.4 Å². The van der Waals surface area contributed by atoms with Gasteiger partial charge in [0.1, 0.15) is 6.17 Å². The standard InChI is InChI=1S/C23H28FN5O2.ClH/c1-13-6-15-11-25-29(21(15)9-18(13)17-4-5-28(2)12-19(17)24)22-10-20(14-7-16(30)8-14)26-23(27-22)31-3;/h6,9-11,14,16-17,19,30H,4-5,7-8,12H2,1-3H3;1H. The van der Waals surface area contributed by atoms with Crippen LogP contribution in [0.4, 0.5) is 4.39 Å². The van der Waals surface area contributed by atoms with Gasteiger partial charge in [-0.25, -0.2) is 9.07 Å². The zero-order valence-corrected chi connectivity index (χ0v) is 19.3. The fourth-order valence-electron chi connectivity index (χ4n) is 4.86. The van der Waals surface area contributed by atoms with Gasteiger partial charge in [-0.05, 0) is 63.0 Å². The molecule has 7 nitrogen and oxygen atoms in total. The summed E-state index contributed by atoms with van der Waals surface area (Å²) in [6, 6.07) is 6.35. The molecule has 1 saturated carbocycles. The molecule has 1 aliphatic carbocycles. The second-order valence-electron chi connectivity index (χ2n) is 8.96. The van der Waals surface area contributed by atoms with E-state index in [1.165, 1.54) is 0 Å². The summed E-state index contributed by atoms with van der Waals surface area (Å²) in [5.74, 6) is 0.695. The number of alkyl halides is 1. The summed E-state index contributed by atoms with van der Waals surface area (Å²) < 4.78 is 22.0. The Morgan fingerprint density at radius 2 is 1.97 bits per heavy atom. The number of aliphatic hydroxyl groups excluding tert-OH is 1. The average Bonchev–Trinajstić information content (AvgIpc) is 3.13. The maximum absolute atomic E-state index is 14.9. The molecule has 2 fully saturated rings. The number of piperidine rings is 1. The van der Waals surface area contributed by atoms with Crippen molar-refractivity contribution in [1.29, 1.82) is 0 Å². The molecule has 0 bridgehead atoms. The molecule has 0 spiro atoms. The van der Waals surface area contributed by atoms with Crippen molar-refractivity contribution in [3.05, 3.63) is 41.2 Å². The van der Waals surface area contributed by atoms with Crippen LogP contribution in [0.1, 0.15) is 47.9 Å². The zero-order valence-electron chi connectivity index (χ0n) is 18.5. The number of rotatable bonds is 4. The maximum Gasteiger partial charge on any atom is 0.318 e. The number of aliphatic hydroxyl groups is 1. The van der Waals surface area contributed by atoms with Crippen LogP contribution < -0.4 is 4.74 Å². The molecule has 3 heterocycles. The molecule has 32 heavy (non-hydrogen) atoms. The van der Waals surface area contributed by atoms with Crippen molar-refractivity contribution < 1.29 is 14.2 Å². The smallest absolute Gasteiger partial charge is 0.318 e. The molecule has 2 atom stereocenters. The van der Waals surface area contributed by atoms with Crippen molar-refractivity contribution in [2.75, 3.05) is 27.2 Å². The number of aryl methyl sites for hydroxylation is 1. The molecule has 1 saturated heterocycles. The molecular weight excluding hydrogens is 433 g/mol. The van der Waals surface area contributed by atoms with Crippen LogP contribution in [0.5, 0.6) is 6.01 Å². The Morgan fingerprint density at radius 1 is 1.19 bits per heavy atom. The quantitative estimate of drug-likeness (QED) is 0.640. The minimum Gasteiger partial charge on any atom is -0.467 e. The average molecular weight is 462 g/mol. The second kappa shape index (κ2) is 8.92. The highest BCUT2D eigenvalue weighted by molar-refractivity contribution is 5.85. The van der Waals surface area contributed by atoms with Gasteiger partial charge in [0.2, 0.25) is 0 Å². The molecule has 1 aliphatic heterocycles. The van der Waals surface area contributed by atoms with E-state index in [4.69, 9.17) is 4.74 Å².